The zero-order chi connectivity index (χ0) is 14.5. The molecule has 0 saturated heterocycles. The molecule has 0 aliphatic carbocycles. The quantitative estimate of drug-likeness (QED) is 0.867. The van der Waals surface area contributed by atoms with E-state index in [1.54, 1.807) is 23.1 Å². The molecule has 0 bridgehead atoms. The SMILES string of the molecule is CCCNc1nc(Oc2cnn(CC)c2)c(Cl)cc1Cl. The van der Waals surface area contributed by atoms with E-state index in [1.807, 2.05) is 6.92 Å². The fraction of sp³-hybridized carbons (Fsp3) is 0.385. The number of pyridine rings is 1. The molecular weight excluding hydrogens is 299 g/mol. The normalized spacial score (nSPS) is 10.6. The lowest BCUT2D eigenvalue weighted by Gasteiger charge is -2.10. The van der Waals surface area contributed by atoms with E-state index in [0.29, 0.717) is 27.5 Å². The maximum Gasteiger partial charge on any atom is 0.240 e. The minimum absolute atomic E-state index is 0.310. The van der Waals surface area contributed by atoms with Crippen molar-refractivity contribution in [3.63, 3.8) is 0 Å². The van der Waals surface area contributed by atoms with Gasteiger partial charge in [-0.05, 0) is 19.4 Å². The van der Waals surface area contributed by atoms with Gasteiger partial charge in [0.15, 0.2) is 5.75 Å². The molecule has 108 valence electrons. The van der Waals surface area contributed by atoms with Gasteiger partial charge in [-0.1, -0.05) is 30.1 Å². The molecule has 2 rings (SSSR count). The molecule has 20 heavy (non-hydrogen) atoms. The first kappa shape index (κ1) is 14.9. The van der Waals surface area contributed by atoms with Crippen LogP contribution in [0, 0.1) is 0 Å². The van der Waals surface area contributed by atoms with E-state index in [2.05, 4.69) is 22.3 Å². The predicted octanol–water partition coefficient (Wildman–Crippen LogP) is 4.22. The van der Waals surface area contributed by atoms with Crippen LogP contribution in [0.4, 0.5) is 5.82 Å². The van der Waals surface area contributed by atoms with Crippen molar-refractivity contribution in [2.45, 2.75) is 26.8 Å². The molecule has 7 heteroatoms. The zero-order valence-corrected chi connectivity index (χ0v) is 12.9. The molecule has 0 saturated carbocycles. The maximum atomic E-state index is 6.10. The fourth-order valence-corrected chi connectivity index (χ4v) is 2.03. The highest BCUT2D eigenvalue weighted by Gasteiger charge is 2.12. The van der Waals surface area contributed by atoms with Crippen LogP contribution in [-0.2, 0) is 6.54 Å². The van der Waals surface area contributed by atoms with Gasteiger partial charge in [0.25, 0.3) is 0 Å². The van der Waals surface area contributed by atoms with Gasteiger partial charge in [-0.2, -0.15) is 10.1 Å². The Labute approximate surface area is 127 Å². The Hall–Kier alpha value is -1.46. The molecule has 0 aromatic carbocycles. The number of hydrogen-bond donors (Lipinski definition) is 1. The molecule has 0 amide bonds. The first-order valence-electron chi connectivity index (χ1n) is 6.44. The zero-order valence-electron chi connectivity index (χ0n) is 11.4. The van der Waals surface area contributed by atoms with Crippen molar-refractivity contribution in [3.05, 3.63) is 28.5 Å². The number of anilines is 1. The van der Waals surface area contributed by atoms with E-state index in [-0.39, 0.29) is 0 Å². The van der Waals surface area contributed by atoms with Crippen molar-refractivity contribution in [2.24, 2.45) is 0 Å². The Morgan fingerprint density at radius 3 is 2.75 bits per heavy atom. The minimum Gasteiger partial charge on any atom is -0.434 e. The lowest BCUT2D eigenvalue weighted by atomic mass is 10.4. The molecule has 0 unspecified atom stereocenters. The van der Waals surface area contributed by atoms with Gasteiger partial charge in [0.2, 0.25) is 5.88 Å². The molecule has 0 radical (unpaired) electrons. The van der Waals surface area contributed by atoms with Crippen LogP contribution < -0.4 is 10.1 Å². The standard InChI is InChI=1S/C13H16Cl2N4O/c1-3-5-16-12-10(14)6-11(15)13(18-12)20-9-7-17-19(4-2)8-9/h6-8H,3-5H2,1-2H3,(H,16,18). The molecule has 2 heterocycles. The first-order valence-corrected chi connectivity index (χ1v) is 7.19. The van der Waals surface area contributed by atoms with Gasteiger partial charge in [-0.15, -0.1) is 0 Å². The number of ether oxygens (including phenoxy) is 1. The van der Waals surface area contributed by atoms with Gasteiger partial charge in [-0.25, -0.2) is 0 Å². The summed E-state index contributed by atoms with van der Waals surface area (Å²) in [6.45, 7) is 5.61. The second-order valence-corrected chi connectivity index (χ2v) is 4.98. The lowest BCUT2D eigenvalue weighted by molar-refractivity contribution is 0.462. The monoisotopic (exact) mass is 314 g/mol. The maximum absolute atomic E-state index is 6.10. The number of nitrogens with one attached hydrogen (secondary N) is 1. The van der Waals surface area contributed by atoms with Crippen molar-refractivity contribution in [1.82, 2.24) is 14.8 Å². The van der Waals surface area contributed by atoms with Crippen LogP contribution in [0.3, 0.4) is 0 Å². The van der Waals surface area contributed by atoms with Crippen molar-refractivity contribution in [1.29, 1.82) is 0 Å². The van der Waals surface area contributed by atoms with Gasteiger partial charge in [0, 0.05) is 13.1 Å². The highest BCUT2D eigenvalue weighted by atomic mass is 35.5. The third-order valence-electron chi connectivity index (χ3n) is 2.59. The van der Waals surface area contributed by atoms with Crippen LogP contribution in [0.2, 0.25) is 10.0 Å². The average Bonchev–Trinajstić information content (AvgIpc) is 2.88. The number of hydrogen-bond acceptors (Lipinski definition) is 4. The largest absolute Gasteiger partial charge is 0.434 e. The lowest BCUT2D eigenvalue weighted by Crippen LogP contribution is -2.03. The van der Waals surface area contributed by atoms with Gasteiger partial charge < -0.3 is 10.1 Å². The predicted molar refractivity (Wildman–Crippen MR) is 81.0 cm³/mol. The third-order valence-corrected chi connectivity index (χ3v) is 3.15. The van der Waals surface area contributed by atoms with Gasteiger partial charge in [0.1, 0.15) is 10.8 Å². The second kappa shape index (κ2) is 6.81. The number of aromatic nitrogens is 3. The Morgan fingerprint density at radius 2 is 2.10 bits per heavy atom. The fourth-order valence-electron chi connectivity index (χ4n) is 1.57. The summed E-state index contributed by atoms with van der Waals surface area (Å²) in [7, 11) is 0. The molecule has 0 atom stereocenters. The van der Waals surface area contributed by atoms with Crippen molar-refractivity contribution >= 4 is 29.0 Å². The van der Waals surface area contributed by atoms with Crippen LogP contribution in [-0.4, -0.2) is 21.3 Å². The molecule has 0 aliphatic heterocycles. The van der Waals surface area contributed by atoms with Crippen LogP contribution in [0.1, 0.15) is 20.3 Å². The second-order valence-electron chi connectivity index (χ2n) is 4.17. The van der Waals surface area contributed by atoms with Gasteiger partial charge in [0.05, 0.1) is 17.4 Å². The van der Waals surface area contributed by atoms with E-state index in [0.717, 1.165) is 19.5 Å². The summed E-state index contributed by atoms with van der Waals surface area (Å²) in [5, 5.41) is 8.09. The molecule has 1 N–H and O–H groups in total. The summed E-state index contributed by atoms with van der Waals surface area (Å²) in [6, 6.07) is 1.62. The summed E-state index contributed by atoms with van der Waals surface area (Å²) in [4.78, 5) is 4.31. The Kier molecular flexibility index (Phi) is 5.09. The van der Waals surface area contributed by atoms with E-state index < -0.39 is 0 Å². The van der Waals surface area contributed by atoms with Crippen LogP contribution in [0.5, 0.6) is 11.6 Å². The number of rotatable bonds is 6. The molecule has 0 spiro atoms. The Balaban J connectivity index is 2.21. The Bertz CT molecular complexity index is 586. The first-order chi connectivity index (χ1) is 9.63. The van der Waals surface area contributed by atoms with E-state index in [9.17, 15) is 0 Å². The smallest absolute Gasteiger partial charge is 0.240 e. The van der Waals surface area contributed by atoms with Crippen molar-refractivity contribution in [2.75, 3.05) is 11.9 Å². The highest BCUT2D eigenvalue weighted by Crippen LogP contribution is 2.33. The minimum atomic E-state index is 0.310. The van der Waals surface area contributed by atoms with Crippen LogP contribution >= 0.6 is 23.2 Å². The number of nitrogens with zero attached hydrogens (tertiary/aromatic N) is 3. The molecule has 5 nitrogen and oxygen atoms in total. The highest BCUT2D eigenvalue weighted by molar-refractivity contribution is 6.36. The van der Waals surface area contributed by atoms with E-state index in [1.165, 1.54) is 0 Å². The molecule has 0 fully saturated rings. The molecule has 2 aromatic heterocycles. The van der Waals surface area contributed by atoms with Gasteiger partial charge >= 0.3 is 0 Å². The van der Waals surface area contributed by atoms with Gasteiger partial charge in [-0.3, -0.25) is 4.68 Å². The van der Waals surface area contributed by atoms with E-state index in [4.69, 9.17) is 27.9 Å². The van der Waals surface area contributed by atoms with Crippen LogP contribution in [0.25, 0.3) is 0 Å². The summed E-state index contributed by atoms with van der Waals surface area (Å²) in [5.74, 6) is 1.46. The Morgan fingerprint density at radius 1 is 1.30 bits per heavy atom. The molecular formula is C13H16Cl2N4O. The summed E-state index contributed by atoms with van der Waals surface area (Å²) in [5.41, 5.74) is 0. The summed E-state index contributed by atoms with van der Waals surface area (Å²) < 4.78 is 7.40. The molecule has 0 aliphatic rings. The third kappa shape index (κ3) is 3.55. The summed E-state index contributed by atoms with van der Waals surface area (Å²) in [6.07, 6.45) is 4.38. The van der Waals surface area contributed by atoms with Crippen molar-refractivity contribution in [3.8, 4) is 11.6 Å². The average molecular weight is 315 g/mol. The topological polar surface area (TPSA) is 52.0 Å². The van der Waals surface area contributed by atoms with Crippen LogP contribution in [0.15, 0.2) is 18.5 Å². The van der Waals surface area contributed by atoms with E-state index >= 15 is 0 Å². The molecule has 2 aromatic rings. The number of aryl methyl sites for hydroxylation is 1. The number of halogens is 2. The summed E-state index contributed by atoms with van der Waals surface area (Å²) >= 11 is 12.2. The van der Waals surface area contributed by atoms with Crippen molar-refractivity contribution < 1.29 is 4.74 Å².